The van der Waals surface area contributed by atoms with Crippen LogP contribution in [0, 0.1) is 0 Å². The fourth-order valence-electron chi connectivity index (χ4n) is 4.78. The highest BCUT2D eigenvalue weighted by molar-refractivity contribution is 6.60. The van der Waals surface area contributed by atoms with Gasteiger partial charge in [-0.3, -0.25) is 0 Å². The Morgan fingerprint density at radius 1 is 0.853 bits per heavy atom. The first-order chi connectivity index (χ1) is 16.2. The molecule has 0 bridgehead atoms. The minimum Gasteiger partial charge on any atom is -0.377 e. The molecule has 0 radical (unpaired) electrons. The van der Waals surface area contributed by atoms with Gasteiger partial charge in [-0.15, -0.1) is 11.6 Å². The molecule has 0 spiro atoms. The second-order valence-electron chi connectivity index (χ2n) is 10.1. The maximum absolute atomic E-state index is 5.94. The zero-order valence-corrected chi connectivity index (χ0v) is 24.0. The number of quaternary nitrogens is 1. The van der Waals surface area contributed by atoms with Gasteiger partial charge >= 0.3 is 8.80 Å². The van der Waals surface area contributed by atoms with Crippen LogP contribution in [0.3, 0.4) is 0 Å². The van der Waals surface area contributed by atoms with Gasteiger partial charge in [-0.1, -0.05) is 62.4 Å². The monoisotopic (exact) mass is 506 g/mol. The maximum atomic E-state index is 5.94. The molecule has 6 heteroatoms. The zero-order chi connectivity index (χ0) is 25.2. The van der Waals surface area contributed by atoms with Gasteiger partial charge < -0.3 is 17.8 Å². The van der Waals surface area contributed by atoms with E-state index in [1.165, 1.54) is 22.3 Å². The van der Waals surface area contributed by atoms with Crippen molar-refractivity contribution in [3.63, 3.8) is 0 Å². The third-order valence-corrected chi connectivity index (χ3v) is 10.2. The van der Waals surface area contributed by atoms with Crippen LogP contribution >= 0.6 is 11.6 Å². The van der Waals surface area contributed by atoms with Crippen LogP contribution in [-0.2, 0) is 25.7 Å². The summed E-state index contributed by atoms with van der Waals surface area (Å²) in [6.45, 7) is 6.68. The second-order valence-corrected chi connectivity index (χ2v) is 13.4. The Bertz CT molecular complexity index is 829. The van der Waals surface area contributed by atoms with Crippen LogP contribution < -0.4 is 0 Å². The largest absolute Gasteiger partial charge is 0.500 e. The van der Waals surface area contributed by atoms with E-state index < -0.39 is 8.80 Å². The van der Waals surface area contributed by atoms with E-state index in [-0.39, 0.29) is 0 Å². The van der Waals surface area contributed by atoms with E-state index in [4.69, 9.17) is 24.9 Å². The van der Waals surface area contributed by atoms with E-state index in [2.05, 4.69) is 76.5 Å². The number of nitrogens with zero attached hydrogens (tertiary/aromatic N) is 1. The van der Waals surface area contributed by atoms with Gasteiger partial charge in [-0.05, 0) is 41.4 Å². The lowest BCUT2D eigenvalue weighted by molar-refractivity contribution is -0.903. The Morgan fingerprint density at radius 3 is 1.88 bits per heavy atom. The average molecular weight is 507 g/mol. The minimum atomic E-state index is -2.49. The number of hydrogen-bond acceptors (Lipinski definition) is 3. The summed E-state index contributed by atoms with van der Waals surface area (Å²) >= 11 is 5.94. The van der Waals surface area contributed by atoms with Gasteiger partial charge in [0.1, 0.15) is 6.54 Å². The van der Waals surface area contributed by atoms with Crippen molar-refractivity contribution < 1.29 is 17.8 Å². The average Bonchev–Trinajstić information content (AvgIpc) is 2.85. The fourth-order valence-corrected chi connectivity index (χ4v) is 6.67. The topological polar surface area (TPSA) is 27.7 Å². The van der Waals surface area contributed by atoms with Crippen molar-refractivity contribution in [3.05, 3.63) is 70.8 Å². The molecule has 0 N–H and O–H groups in total. The molecule has 2 aromatic carbocycles. The van der Waals surface area contributed by atoms with Crippen molar-refractivity contribution in [1.29, 1.82) is 0 Å². The highest BCUT2D eigenvalue weighted by Gasteiger charge is 2.37. The van der Waals surface area contributed by atoms with Crippen LogP contribution in [0.15, 0.2) is 48.5 Å². The highest BCUT2D eigenvalue weighted by atomic mass is 35.5. The molecule has 0 heterocycles. The summed E-state index contributed by atoms with van der Waals surface area (Å²) in [5, 5.41) is 0. The normalized spacial score (nSPS) is 14.2. The molecule has 0 saturated carbocycles. The van der Waals surface area contributed by atoms with Crippen LogP contribution in [0.4, 0.5) is 0 Å². The Kier molecular flexibility index (Phi) is 11.7. The van der Waals surface area contributed by atoms with Crippen molar-refractivity contribution >= 4 is 20.4 Å². The predicted molar refractivity (Wildman–Crippen MR) is 145 cm³/mol. The van der Waals surface area contributed by atoms with Crippen molar-refractivity contribution in [2.24, 2.45) is 0 Å². The summed E-state index contributed by atoms with van der Waals surface area (Å²) in [7, 11) is 7.13. The lowest BCUT2D eigenvalue weighted by atomic mass is 9.84. The standard InChI is InChI=1S/C28H45ClNO3Si/c1-8-26(20-23(2)27-14-10-24(21-29)11-15-27)28-16-12-25(13-17-28)22-30(3,4)18-9-19-34(31-5,32-6)33-7/h10-17,23,26H,8-9,18-22H2,1-7H3/q+1. The zero-order valence-electron chi connectivity index (χ0n) is 22.3. The highest BCUT2D eigenvalue weighted by Crippen LogP contribution is 2.32. The lowest BCUT2D eigenvalue weighted by Crippen LogP contribution is -2.45. The summed E-state index contributed by atoms with van der Waals surface area (Å²) in [6.07, 6.45) is 3.31. The predicted octanol–water partition coefficient (Wildman–Crippen LogP) is 6.96. The van der Waals surface area contributed by atoms with Gasteiger partial charge in [-0.2, -0.15) is 0 Å². The molecule has 0 aliphatic rings. The molecule has 0 aromatic heterocycles. The van der Waals surface area contributed by atoms with E-state index in [1.807, 2.05) is 0 Å². The van der Waals surface area contributed by atoms with Crippen LogP contribution in [0.2, 0.25) is 6.04 Å². The molecular formula is C28H45ClNO3Si+. The van der Waals surface area contributed by atoms with E-state index >= 15 is 0 Å². The molecule has 2 aromatic rings. The first kappa shape index (κ1) is 29.0. The quantitative estimate of drug-likeness (QED) is 0.148. The molecule has 2 unspecified atom stereocenters. The summed E-state index contributed by atoms with van der Waals surface area (Å²) in [4.78, 5) is 0. The number of hydrogen-bond donors (Lipinski definition) is 0. The molecule has 0 amide bonds. The van der Waals surface area contributed by atoms with Crippen molar-refractivity contribution in [1.82, 2.24) is 0 Å². The fraction of sp³-hybridized carbons (Fsp3) is 0.571. The molecule has 0 aliphatic heterocycles. The molecule has 2 atom stereocenters. The van der Waals surface area contributed by atoms with Gasteiger partial charge in [0.2, 0.25) is 0 Å². The van der Waals surface area contributed by atoms with Crippen LogP contribution in [0.25, 0.3) is 0 Å². The number of rotatable bonds is 15. The summed E-state index contributed by atoms with van der Waals surface area (Å²) in [5.41, 5.74) is 5.39. The molecular weight excluding hydrogens is 462 g/mol. The first-order valence-corrected chi connectivity index (χ1v) is 14.9. The Balaban J connectivity index is 1.95. The lowest BCUT2D eigenvalue weighted by Gasteiger charge is -2.31. The third-order valence-electron chi connectivity index (χ3n) is 7.08. The Hall–Kier alpha value is -1.21. The van der Waals surface area contributed by atoms with Gasteiger partial charge in [0.25, 0.3) is 0 Å². The minimum absolute atomic E-state index is 0.520. The van der Waals surface area contributed by atoms with E-state index in [1.54, 1.807) is 21.3 Å². The van der Waals surface area contributed by atoms with Crippen LogP contribution in [0.5, 0.6) is 0 Å². The third kappa shape index (κ3) is 8.47. The summed E-state index contributed by atoms with van der Waals surface area (Å²) in [6, 6.07) is 18.9. The van der Waals surface area contributed by atoms with E-state index in [0.717, 1.165) is 42.9 Å². The molecule has 0 fully saturated rings. The van der Waals surface area contributed by atoms with Gasteiger partial charge in [-0.25, -0.2) is 0 Å². The van der Waals surface area contributed by atoms with Crippen molar-refractivity contribution in [2.75, 3.05) is 42.0 Å². The van der Waals surface area contributed by atoms with Gasteiger partial charge in [0.15, 0.2) is 0 Å². The molecule has 2 rings (SSSR count). The van der Waals surface area contributed by atoms with Gasteiger partial charge in [0.05, 0.1) is 20.6 Å². The SMILES string of the molecule is CCC(CC(C)c1ccc(CCl)cc1)c1ccc(C[N+](C)(C)CCC[Si](OC)(OC)OC)cc1. The molecule has 0 aliphatic carbocycles. The number of halogens is 1. The molecule has 4 nitrogen and oxygen atoms in total. The van der Waals surface area contributed by atoms with E-state index in [0.29, 0.717) is 17.7 Å². The summed E-state index contributed by atoms with van der Waals surface area (Å²) in [5.74, 6) is 1.66. The molecule has 0 saturated heterocycles. The Morgan fingerprint density at radius 2 is 1.38 bits per heavy atom. The second kappa shape index (κ2) is 13.8. The number of benzene rings is 2. The molecule has 34 heavy (non-hydrogen) atoms. The summed E-state index contributed by atoms with van der Waals surface area (Å²) < 4.78 is 17.6. The Labute approximate surface area is 214 Å². The first-order valence-electron chi connectivity index (χ1n) is 12.4. The van der Waals surface area contributed by atoms with Gasteiger partial charge in [0, 0.05) is 45.2 Å². The van der Waals surface area contributed by atoms with Crippen molar-refractivity contribution in [3.8, 4) is 0 Å². The number of alkyl halides is 1. The molecule has 190 valence electrons. The van der Waals surface area contributed by atoms with Crippen LogP contribution in [-0.4, -0.2) is 55.3 Å². The smallest absolute Gasteiger partial charge is 0.377 e. The van der Waals surface area contributed by atoms with E-state index in [9.17, 15) is 0 Å². The maximum Gasteiger partial charge on any atom is 0.500 e. The van der Waals surface area contributed by atoms with Crippen LogP contribution in [0.1, 0.15) is 67.2 Å². The van der Waals surface area contributed by atoms with Crippen molar-refractivity contribution in [2.45, 2.75) is 63.4 Å².